The van der Waals surface area contributed by atoms with Crippen LogP contribution in [0.1, 0.15) is 33.5 Å². The molecule has 0 saturated carbocycles. The van der Waals surface area contributed by atoms with E-state index in [-0.39, 0.29) is 21.9 Å². The molecular weight excluding hydrogens is 760 g/mol. The van der Waals surface area contributed by atoms with Crippen molar-refractivity contribution in [3.05, 3.63) is 136 Å². The smallest absolute Gasteiger partial charge is 0.268 e. The molecule has 13 heteroatoms. The summed E-state index contributed by atoms with van der Waals surface area (Å²) in [6, 6.07) is 31.6. The quantitative estimate of drug-likeness (QED) is 0.0612. The molecule has 0 unspecified atom stereocenters. The van der Waals surface area contributed by atoms with Crippen molar-refractivity contribution in [2.45, 2.75) is 24.3 Å². The Balaban J connectivity index is 1.09. The first kappa shape index (κ1) is 39.8. The second kappa shape index (κ2) is 17.8. The van der Waals surface area contributed by atoms with Crippen LogP contribution in [0.3, 0.4) is 0 Å². The fourth-order valence-electron chi connectivity index (χ4n) is 7.21. The number of amides is 1. The molecule has 1 heterocycles. The summed E-state index contributed by atoms with van der Waals surface area (Å²) in [4.78, 5) is 20.4. The van der Waals surface area contributed by atoms with Gasteiger partial charge in [-0.3, -0.25) is 20.4 Å². The molecule has 1 amide bonds. The van der Waals surface area contributed by atoms with Gasteiger partial charge in [-0.1, -0.05) is 72.3 Å². The van der Waals surface area contributed by atoms with Crippen molar-refractivity contribution >= 4 is 50.7 Å². The Labute approximate surface area is 339 Å². The topological polar surface area (TPSA) is 126 Å². The Morgan fingerprint density at radius 1 is 0.877 bits per heavy atom. The molecule has 2 aliphatic rings. The van der Waals surface area contributed by atoms with Crippen LogP contribution in [-0.4, -0.2) is 82.7 Å². The Morgan fingerprint density at radius 2 is 1.67 bits per heavy atom. The molecular formula is C44H47ClN6O5S. The number of hydrogen-bond acceptors (Lipinski definition) is 10. The van der Waals surface area contributed by atoms with Gasteiger partial charge in [-0.05, 0) is 104 Å². The molecule has 5 aromatic carbocycles. The standard InChI is InChI=1S/C44H47ClN6O5S/c1-49(2)23-7-22-46-40-21-19-36(29-41(40)47-53)57(54,55)48-44(52)39-20-18-35(28-43(39)56-42-13-6-10-31-9-5-12-38(31)42)51-26-24-50(25-27-51)30-33-8-3-4-11-37(33)32-14-16-34(45)17-15-32/h3-6,8,10-21,28-29,46-47,53H,7,9,22-27,30H2,1-2H3,(H,48,52). The normalized spacial score (nSPS) is 14.1. The number of anilines is 3. The van der Waals surface area contributed by atoms with E-state index >= 15 is 0 Å². The summed E-state index contributed by atoms with van der Waals surface area (Å²) in [6.07, 6.45) is 5.68. The van der Waals surface area contributed by atoms with Crippen LogP contribution in [0.15, 0.2) is 114 Å². The molecule has 0 radical (unpaired) electrons. The maximum Gasteiger partial charge on any atom is 0.268 e. The monoisotopic (exact) mass is 806 g/mol. The van der Waals surface area contributed by atoms with Gasteiger partial charge in [0.1, 0.15) is 11.5 Å². The van der Waals surface area contributed by atoms with Gasteiger partial charge >= 0.3 is 0 Å². The number of hydrogen-bond donors (Lipinski definition) is 4. The van der Waals surface area contributed by atoms with Crippen LogP contribution in [0, 0.1) is 0 Å². The zero-order chi connectivity index (χ0) is 39.9. The summed E-state index contributed by atoms with van der Waals surface area (Å²) in [7, 11) is -0.385. The Hall–Kier alpha value is -5.37. The molecule has 0 aromatic heterocycles. The van der Waals surface area contributed by atoms with Crippen LogP contribution in [0.5, 0.6) is 11.5 Å². The van der Waals surface area contributed by atoms with Gasteiger partial charge in [-0.2, -0.15) is 0 Å². The van der Waals surface area contributed by atoms with Crippen molar-refractivity contribution in [1.82, 2.24) is 14.5 Å². The number of carbonyl (C=O) groups excluding carboxylic acids is 1. The molecule has 1 aliphatic heterocycles. The highest BCUT2D eigenvalue weighted by atomic mass is 35.5. The van der Waals surface area contributed by atoms with Gasteiger partial charge in [-0.15, -0.1) is 0 Å². The number of fused-ring (bicyclic) bond motifs is 1. The van der Waals surface area contributed by atoms with E-state index in [0.29, 0.717) is 23.0 Å². The minimum Gasteiger partial charge on any atom is -0.456 e. The molecule has 0 atom stereocenters. The van der Waals surface area contributed by atoms with Crippen molar-refractivity contribution in [3.8, 4) is 22.6 Å². The van der Waals surface area contributed by atoms with Crippen molar-refractivity contribution in [2.24, 2.45) is 0 Å². The molecule has 1 aliphatic carbocycles. The first-order chi connectivity index (χ1) is 27.6. The van der Waals surface area contributed by atoms with Gasteiger partial charge in [0.15, 0.2) is 0 Å². The van der Waals surface area contributed by atoms with E-state index in [1.807, 2.05) is 74.8 Å². The zero-order valence-electron chi connectivity index (χ0n) is 32.0. The average Bonchev–Trinajstić information content (AvgIpc) is 3.70. The summed E-state index contributed by atoms with van der Waals surface area (Å²) in [5, 5.41) is 13.7. The second-order valence-corrected chi connectivity index (χ2v) is 16.6. The number of ether oxygens (including phenoxy) is 1. The lowest BCUT2D eigenvalue weighted by Crippen LogP contribution is -2.46. The van der Waals surface area contributed by atoms with E-state index in [2.05, 4.69) is 60.6 Å². The fraction of sp³-hybridized carbons (Fsp3) is 0.250. The van der Waals surface area contributed by atoms with Gasteiger partial charge in [-0.25, -0.2) is 13.1 Å². The van der Waals surface area contributed by atoms with Crippen LogP contribution < -0.4 is 25.2 Å². The number of sulfonamides is 1. The van der Waals surface area contributed by atoms with E-state index in [9.17, 15) is 18.4 Å². The van der Waals surface area contributed by atoms with E-state index in [1.54, 1.807) is 12.1 Å². The maximum atomic E-state index is 13.9. The average molecular weight is 807 g/mol. The summed E-state index contributed by atoms with van der Waals surface area (Å²) in [6.45, 7) is 5.40. The Kier molecular flexibility index (Phi) is 12.5. The first-order valence-electron chi connectivity index (χ1n) is 19.0. The third-order valence-electron chi connectivity index (χ3n) is 10.3. The summed E-state index contributed by atoms with van der Waals surface area (Å²) >= 11 is 6.16. The number of halogens is 1. The van der Waals surface area contributed by atoms with Gasteiger partial charge in [0.25, 0.3) is 15.9 Å². The van der Waals surface area contributed by atoms with Crippen molar-refractivity contribution in [1.29, 1.82) is 0 Å². The van der Waals surface area contributed by atoms with Crippen LogP contribution in [0.25, 0.3) is 17.2 Å². The molecule has 296 valence electrons. The van der Waals surface area contributed by atoms with Gasteiger partial charge in [0.2, 0.25) is 0 Å². The number of nitrogens with zero attached hydrogens (tertiary/aromatic N) is 3. The van der Waals surface area contributed by atoms with Crippen LogP contribution in [-0.2, 0) is 23.0 Å². The lowest BCUT2D eigenvalue weighted by Gasteiger charge is -2.36. The van der Waals surface area contributed by atoms with Crippen molar-refractivity contribution < 1.29 is 23.2 Å². The highest BCUT2D eigenvalue weighted by Gasteiger charge is 2.26. The third kappa shape index (κ3) is 9.61. The number of piperazine rings is 1. The molecule has 7 rings (SSSR count). The van der Waals surface area contributed by atoms with Crippen LogP contribution in [0.2, 0.25) is 5.02 Å². The molecule has 0 spiro atoms. The lowest BCUT2D eigenvalue weighted by molar-refractivity contribution is 0.0979. The molecule has 57 heavy (non-hydrogen) atoms. The first-order valence-corrected chi connectivity index (χ1v) is 20.9. The van der Waals surface area contributed by atoms with Crippen LogP contribution >= 0.6 is 11.6 Å². The van der Waals surface area contributed by atoms with E-state index < -0.39 is 15.9 Å². The molecule has 4 N–H and O–H groups in total. The van der Waals surface area contributed by atoms with Crippen LogP contribution in [0.4, 0.5) is 17.1 Å². The van der Waals surface area contributed by atoms with E-state index in [4.69, 9.17) is 16.3 Å². The largest absolute Gasteiger partial charge is 0.456 e. The summed E-state index contributed by atoms with van der Waals surface area (Å²) < 4.78 is 35.9. The minimum absolute atomic E-state index is 0.0685. The lowest BCUT2D eigenvalue weighted by atomic mass is 9.99. The SMILES string of the molecule is CN(C)CCCNc1ccc(S(=O)(=O)NC(=O)c2ccc(N3CCN(Cc4ccccc4-c4ccc(Cl)cc4)CC3)cc2Oc2cccc3c2C=CC3)cc1NO. The highest BCUT2D eigenvalue weighted by Crippen LogP contribution is 2.36. The highest BCUT2D eigenvalue weighted by molar-refractivity contribution is 7.90. The molecule has 5 aromatic rings. The third-order valence-corrected chi connectivity index (χ3v) is 11.8. The maximum absolute atomic E-state index is 13.9. The van der Waals surface area contributed by atoms with Gasteiger partial charge in [0.05, 0.1) is 21.8 Å². The Morgan fingerprint density at radius 3 is 2.44 bits per heavy atom. The molecule has 1 fully saturated rings. The Bertz CT molecular complexity index is 2360. The second-order valence-electron chi connectivity index (χ2n) is 14.5. The zero-order valence-corrected chi connectivity index (χ0v) is 33.6. The molecule has 0 bridgehead atoms. The summed E-state index contributed by atoms with van der Waals surface area (Å²) in [5.41, 5.74) is 9.28. The number of rotatable bonds is 15. The number of benzene rings is 5. The number of nitrogens with one attached hydrogen (secondary N) is 3. The predicted molar refractivity (Wildman–Crippen MR) is 228 cm³/mol. The van der Waals surface area contributed by atoms with Crippen molar-refractivity contribution in [3.63, 3.8) is 0 Å². The number of allylic oxidation sites excluding steroid dienone is 1. The number of carbonyl (C=O) groups is 1. The van der Waals surface area contributed by atoms with E-state index in [0.717, 1.165) is 74.5 Å². The summed E-state index contributed by atoms with van der Waals surface area (Å²) in [5.74, 6) is -0.0248. The van der Waals surface area contributed by atoms with E-state index in [1.165, 1.54) is 23.3 Å². The molecule has 11 nitrogen and oxygen atoms in total. The van der Waals surface area contributed by atoms with Gasteiger partial charge in [0, 0.05) is 61.6 Å². The fourth-order valence-corrected chi connectivity index (χ4v) is 8.33. The predicted octanol–water partition coefficient (Wildman–Crippen LogP) is 7.97. The van der Waals surface area contributed by atoms with Gasteiger partial charge < -0.3 is 19.9 Å². The van der Waals surface area contributed by atoms with Crippen molar-refractivity contribution in [2.75, 3.05) is 69.1 Å². The minimum atomic E-state index is -4.35. The molecule has 1 saturated heterocycles.